The molecule has 0 spiro atoms. The molecule has 0 radical (unpaired) electrons. The number of nitrogens with zero attached hydrogens (tertiary/aromatic N) is 4. The Balaban J connectivity index is 1.12. The fraction of sp³-hybridized carbons (Fsp3) is 0.483. The number of hydrogen-bond donors (Lipinski definition) is 2. The summed E-state index contributed by atoms with van der Waals surface area (Å²) in [5.74, 6) is 0.476. The average Bonchev–Trinajstić information content (AvgIpc) is 2.90. The minimum absolute atomic E-state index is 0.129. The predicted molar refractivity (Wildman–Crippen MR) is 150 cm³/mol. The molecule has 210 valence electrons. The summed E-state index contributed by atoms with van der Waals surface area (Å²) in [5.41, 5.74) is 9.26. The lowest BCUT2D eigenvalue weighted by molar-refractivity contribution is -0.137. The molecule has 0 unspecified atom stereocenters. The van der Waals surface area contributed by atoms with Crippen molar-refractivity contribution in [1.29, 1.82) is 0 Å². The first-order valence-electron chi connectivity index (χ1n) is 13.6. The lowest BCUT2D eigenvalue weighted by Gasteiger charge is -2.40. The Hall–Kier alpha value is -3.40. The second-order valence-electron chi connectivity index (χ2n) is 10.9. The van der Waals surface area contributed by atoms with Crippen molar-refractivity contribution >= 4 is 28.8 Å². The highest BCUT2D eigenvalue weighted by Crippen LogP contribution is 2.39. The summed E-state index contributed by atoms with van der Waals surface area (Å²) in [6.45, 7) is 12.5. The summed E-state index contributed by atoms with van der Waals surface area (Å²) in [4.78, 5) is 20.9. The van der Waals surface area contributed by atoms with Crippen LogP contribution in [-0.2, 0) is 6.18 Å². The van der Waals surface area contributed by atoms with Gasteiger partial charge in [0, 0.05) is 87.2 Å². The van der Waals surface area contributed by atoms with Crippen molar-refractivity contribution in [1.82, 2.24) is 10.2 Å². The van der Waals surface area contributed by atoms with E-state index in [1.807, 2.05) is 17.9 Å². The minimum Gasteiger partial charge on any atom is -0.399 e. The number of rotatable bonds is 5. The van der Waals surface area contributed by atoms with Crippen molar-refractivity contribution < 1.29 is 18.0 Å². The lowest BCUT2D eigenvalue weighted by atomic mass is 9.94. The van der Waals surface area contributed by atoms with E-state index < -0.39 is 11.7 Å². The molecule has 0 atom stereocenters. The van der Waals surface area contributed by atoms with E-state index in [1.165, 1.54) is 6.07 Å². The van der Waals surface area contributed by atoms with E-state index in [2.05, 4.69) is 33.8 Å². The van der Waals surface area contributed by atoms with Crippen LogP contribution in [0.3, 0.4) is 0 Å². The molecule has 3 saturated heterocycles. The highest BCUT2D eigenvalue weighted by Gasteiger charge is 2.36. The summed E-state index contributed by atoms with van der Waals surface area (Å²) >= 11 is 0. The Morgan fingerprint density at radius 1 is 0.949 bits per heavy atom. The van der Waals surface area contributed by atoms with Gasteiger partial charge in [0.05, 0.1) is 5.56 Å². The topological polar surface area (TPSA) is 68.1 Å². The Labute approximate surface area is 228 Å². The van der Waals surface area contributed by atoms with Gasteiger partial charge in [-0.05, 0) is 67.6 Å². The number of piperidine rings is 1. The van der Waals surface area contributed by atoms with Gasteiger partial charge in [-0.2, -0.15) is 13.2 Å². The maximum Gasteiger partial charge on any atom is 0.418 e. The number of anilines is 4. The molecule has 39 heavy (non-hydrogen) atoms. The number of halogens is 3. The van der Waals surface area contributed by atoms with Crippen molar-refractivity contribution in [3.63, 3.8) is 0 Å². The van der Waals surface area contributed by atoms with Gasteiger partial charge < -0.3 is 20.9 Å². The summed E-state index contributed by atoms with van der Waals surface area (Å²) in [6.07, 6.45) is -1.93. The van der Waals surface area contributed by atoms with Gasteiger partial charge in [-0.3, -0.25) is 9.80 Å². The number of nitrogen functional groups attached to an aromatic ring is 1. The van der Waals surface area contributed by atoms with E-state index in [0.29, 0.717) is 25.6 Å². The van der Waals surface area contributed by atoms with Gasteiger partial charge in [0.15, 0.2) is 0 Å². The molecule has 7 nitrogen and oxygen atoms in total. The van der Waals surface area contributed by atoms with Crippen LogP contribution >= 0.6 is 0 Å². The third-order valence-corrected chi connectivity index (χ3v) is 8.17. The van der Waals surface area contributed by atoms with Crippen LogP contribution in [0.4, 0.5) is 40.7 Å². The molecule has 3 N–H and O–H groups in total. The molecule has 0 saturated carbocycles. The van der Waals surface area contributed by atoms with E-state index in [1.54, 1.807) is 11.0 Å². The summed E-state index contributed by atoms with van der Waals surface area (Å²) in [6, 6.07) is 10.2. The highest BCUT2D eigenvalue weighted by atomic mass is 19.4. The number of benzene rings is 2. The fourth-order valence-corrected chi connectivity index (χ4v) is 5.97. The van der Waals surface area contributed by atoms with Gasteiger partial charge in [-0.25, -0.2) is 4.79 Å². The number of alkyl halides is 3. The van der Waals surface area contributed by atoms with Crippen molar-refractivity contribution in [2.75, 3.05) is 72.8 Å². The van der Waals surface area contributed by atoms with Crippen molar-refractivity contribution in [2.24, 2.45) is 5.92 Å². The Morgan fingerprint density at radius 3 is 2.28 bits per heavy atom. The Bertz CT molecular complexity index is 1220. The van der Waals surface area contributed by atoms with Crippen molar-refractivity contribution in [3.05, 3.63) is 59.8 Å². The number of nitrogens with one attached hydrogen (secondary N) is 1. The third-order valence-electron chi connectivity index (χ3n) is 8.17. The summed E-state index contributed by atoms with van der Waals surface area (Å²) < 4.78 is 40.7. The molecular formula is C29H37F3N6O. The zero-order valence-corrected chi connectivity index (χ0v) is 22.4. The van der Waals surface area contributed by atoms with E-state index >= 15 is 0 Å². The SMILES string of the molecule is C=C1CCN(c2ccc(N3CCN(CC4CCN(c5ccc(N)cc5C(F)(F)F)CC4)CC3)cc2C)C(=O)N1. The normalized spacial score (nSPS) is 19.9. The van der Waals surface area contributed by atoms with Crippen LogP contribution < -0.4 is 25.8 Å². The Morgan fingerprint density at radius 2 is 1.64 bits per heavy atom. The van der Waals surface area contributed by atoms with E-state index in [0.717, 1.165) is 80.7 Å². The lowest BCUT2D eigenvalue weighted by Crippen LogP contribution is -2.49. The predicted octanol–water partition coefficient (Wildman–Crippen LogP) is 5.07. The smallest absolute Gasteiger partial charge is 0.399 e. The fourth-order valence-electron chi connectivity index (χ4n) is 5.97. The van der Waals surface area contributed by atoms with Crippen molar-refractivity contribution in [2.45, 2.75) is 32.4 Å². The molecule has 0 bridgehead atoms. The maximum absolute atomic E-state index is 13.6. The van der Waals surface area contributed by atoms with Gasteiger partial charge in [-0.1, -0.05) is 6.58 Å². The standard InChI is InChI=1S/C29H37F3N6O/c1-20-17-24(4-6-26(20)38-12-7-21(2)34-28(38)39)36-15-13-35(14-16-36)19-22-8-10-37(11-9-22)27-5-3-23(33)18-25(27)29(30,31)32/h3-6,17-18,22H,2,7-16,19,33H2,1H3,(H,34,39). The quantitative estimate of drug-likeness (QED) is 0.517. The van der Waals surface area contributed by atoms with Crippen LogP contribution in [0.1, 0.15) is 30.4 Å². The summed E-state index contributed by atoms with van der Waals surface area (Å²) in [7, 11) is 0. The van der Waals surface area contributed by atoms with Gasteiger partial charge in [0.1, 0.15) is 0 Å². The van der Waals surface area contributed by atoms with Crippen LogP contribution in [-0.4, -0.2) is 63.3 Å². The van der Waals surface area contributed by atoms with Crippen LogP contribution in [0, 0.1) is 12.8 Å². The first-order valence-corrected chi connectivity index (χ1v) is 13.6. The molecule has 3 aliphatic rings. The molecule has 0 aromatic heterocycles. The molecule has 2 amide bonds. The van der Waals surface area contributed by atoms with Gasteiger partial charge in [0.2, 0.25) is 0 Å². The first kappa shape index (κ1) is 27.2. The molecule has 2 aromatic carbocycles. The molecule has 3 aliphatic heterocycles. The average molecular weight is 543 g/mol. The second kappa shape index (κ2) is 11.0. The van der Waals surface area contributed by atoms with Crippen molar-refractivity contribution in [3.8, 4) is 0 Å². The highest BCUT2D eigenvalue weighted by molar-refractivity contribution is 5.95. The minimum atomic E-state index is -4.42. The molecule has 5 rings (SSSR count). The molecular weight excluding hydrogens is 505 g/mol. The number of amides is 2. The first-order chi connectivity index (χ1) is 18.6. The third kappa shape index (κ3) is 6.11. The van der Waals surface area contributed by atoms with Gasteiger partial charge >= 0.3 is 12.2 Å². The van der Waals surface area contributed by atoms with Crippen LogP contribution in [0.2, 0.25) is 0 Å². The zero-order chi connectivity index (χ0) is 27.7. The number of hydrogen-bond acceptors (Lipinski definition) is 5. The Kier molecular flexibility index (Phi) is 7.66. The zero-order valence-electron chi connectivity index (χ0n) is 22.4. The summed E-state index contributed by atoms with van der Waals surface area (Å²) in [5, 5.41) is 2.82. The number of carbonyl (C=O) groups is 1. The van der Waals surface area contributed by atoms with E-state index in [-0.39, 0.29) is 17.4 Å². The van der Waals surface area contributed by atoms with Crippen LogP contribution in [0.15, 0.2) is 48.7 Å². The number of aryl methyl sites for hydroxylation is 1. The number of urea groups is 1. The number of carbonyl (C=O) groups excluding carboxylic acids is 1. The van der Waals surface area contributed by atoms with E-state index in [9.17, 15) is 18.0 Å². The molecule has 3 fully saturated rings. The van der Waals surface area contributed by atoms with Crippen LogP contribution in [0.5, 0.6) is 0 Å². The maximum atomic E-state index is 13.6. The molecule has 3 heterocycles. The van der Waals surface area contributed by atoms with E-state index in [4.69, 9.17) is 5.73 Å². The molecule has 0 aliphatic carbocycles. The monoisotopic (exact) mass is 542 g/mol. The number of nitrogens with two attached hydrogens (primary N) is 1. The van der Waals surface area contributed by atoms with Gasteiger partial charge in [-0.15, -0.1) is 0 Å². The largest absolute Gasteiger partial charge is 0.418 e. The second-order valence-corrected chi connectivity index (χ2v) is 10.9. The molecule has 2 aromatic rings. The number of piperazine rings is 1. The van der Waals surface area contributed by atoms with Gasteiger partial charge in [0.25, 0.3) is 0 Å². The molecule has 10 heteroatoms. The van der Waals surface area contributed by atoms with Crippen LogP contribution in [0.25, 0.3) is 0 Å².